The smallest absolute Gasteiger partial charge is 0.255 e. The number of halogens is 1. The Kier molecular flexibility index (Phi) is 7.73. The summed E-state index contributed by atoms with van der Waals surface area (Å²) in [5.41, 5.74) is 3.41. The number of aryl methyl sites for hydroxylation is 2. The van der Waals surface area contributed by atoms with Crippen molar-refractivity contribution >= 4 is 23.4 Å². The third-order valence-electron chi connectivity index (χ3n) is 6.54. The first kappa shape index (κ1) is 25.0. The van der Waals surface area contributed by atoms with Crippen molar-refractivity contribution in [2.75, 3.05) is 18.4 Å². The van der Waals surface area contributed by atoms with E-state index in [9.17, 15) is 18.8 Å². The number of para-hydroxylation sites is 1. The summed E-state index contributed by atoms with van der Waals surface area (Å²) in [4.78, 5) is 44.4. The van der Waals surface area contributed by atoms with Crippen molar-refractivity contribution < 1.29 is 18.8 Å². The molecular formula is C28H29FN4O3. The van der Waals surface area contributed by atoms with Crippen LogP contribution >= 0.6 is 0 Å². The zero-order valence-corrected chi connectivity index (χ0v) is 20.4. The number of nitrogens with one attached hydrogen (secondary N) is 2. The van der Waals surface area contributed by atoms with E-state index in [2.05, 4.69) is 15.6 Å². The van der Waals surface area contributed by atoms with Gasteiger partial charge >= 0.3 is 0 Å². The molecule has 1 saturated heterocycles. The second-order valence-electron chi connectivity index (χ2n) is 9.06. The van der Waals surface area contributed by atoms with E-state index < -0.39 is 0 Å². The van der Waals surface area contributed by atoms with Gasteiger partial charge in [0.25, 0.3) is 11.8 Å². The molecule has 0 unspecified atom stereocenters. The average Bonchev–Trinajstić information content (AvgIpc) is 2.90. The lowest BCUT2D eigenvalue weighted by molar-refractivity contribution is -0.126. The molecule has 0 spiro atoms. The Labute approximate surface area is 209 Å². The van der Waals surface area contributed by atoms with E-state index in [1.165, 1.54) is 18.5 Å². The minimum atomic E-state index is -0.315. The van der Waals surface area contributed by atoms with Crippen molar-refractivity contribution in [3.63, 3.8) is 0 Å². The summed E-state index contributed by atoms with van der Waals surface area (Å²) >= 11 is 0. The molecule has 1 aliphatic rings. The summed E-state index contributed by atoms with van der Waals surface area (Å²) < 4.78 is 13.8. The van der Waals surface area contributed by atoms with Crippen molar-refractivity contribution in [2.45, 2.75) is 33.2 Å². The van der Waals surface area contributed by atoms with E-state index in [1.807, 2.05) is 13.0 Å². The lowest BCUT2D eigenvalue weighted by atomic mass is 9.95. The van der Waals surface area contributed by atoms with Crippen LogP contribution in [0.4, 0.5) is 10.1 Å². The van der Waals surface area contributed by atoms with Gasteiger partial charge in [-0.05, 0) is 67.6 Å². The number of hydrogen-bond acceptors (Lipinski definition) is 4. The number of nitrogens with zero attached hydrogens (tertiary/aromatic N) is 2. The molecule has 36 heavy (non-hydrogen) atoms. The van der Waals surface area contributed by atoms with Crippen LogP contribution in [-0.4, -0.2) is 40.7 Å². The van der Waals surface area contributed by atoms with Crippen LogP contribution in [0.1, 0.15) is 50.2 Å². The summed E-state index contributed by atoms with van der Waals surface area (Å²) in [6.07, 6.45) is 4.14. The Bertz CT molecular complexity index is 1270. The molecule has 0 atom stereocenters. The van der Waals surface area contributed by atoms with Gasteiger partial charge in [-0.25, -0.2) is 4.39 Å². The number of hydrogen-bond donors (Lipinski definition) is 2. The van der Waals surface area contributed by atoms with Crippen molar-refractivity contribution in [1.29, 1.82) is 0 Å². The lowest BCUT2D eigenvalue weighted by Gasteiger charge is -2.32. The first-order chi connectivity index (χ1) is 17.3. The van der Waals surface area contributed by atoms with Crippen LogP contribution in [0.2, 0.25) is 0 Å². The van der Waals surface area contributed by atoms with Gasteiger partial charge in [0.05, 0.1) is 11.3 Å². The van der Waals surface area contributed by atoms with Gasteiger partial charge in [-0.2, -0.15) is 0 Å². The Hall–Kier alpha value is -4.07. The third kappa shape index (κ3) is 5.76. The molecule has 3 aromatic rings. The maximum atomic E-state index is 13.8. The Morgan fingerprint density at radius 2 is 1.72 bits per heavy atom. The minimum Gasteiger partial charge on any atom is -0.352 e. The number of aromatic nitrogens is 1. The first-order valence-corrected chi connectivity index (χ1v) is 12.0. The van der Waals surface area contributed by atoms with Gasteiger partial charge < -0.3 is 15.5 Å². The van der Waals surface area contributed by atoms with Crippen molar-refractivity contribution in [3.8, 4) is 0 Å². The van der Waals surface area contributed by atoms with Crippen LogP contribution in [0.5, 0.6) is 0 Å². The van der Waals surface area contributed by atoms with Crippen molar-refractivity contribution in [2.24, 2.45) is 5.92 Å². The highest BCUT2D eigenvalue weighted by molar-refractivity contribution is 6.09. The second kappa shape index (κ2) is 11.1. The van der Waals surface area contributed by atoms with Gasteiger partial charge in [0, 0.05) is 43.5 Å². The second-order valence-corrected chi connectivity index (χ2v) is 9.06. The molecular weight excluding hydrogens is 459 g/mol. The molecule has 186 valence electrons. The predicted octanol–water partition coefficient (Wildman–Crippen LogP) is 4.26. The van der Waals surface area contributed by atoms with E-state index in [1.54, 1.807) is 48.2 Å². The number of amides is 3. The van der Waals surface area contributed by atoms with E-state index >= 15 is 0 Å². The highest BCUT2D eigenvalue weighted by Crippen LogP contribution is 2.26. The summed E-state index contributed by atoms with van der Waals surface area (Å²) in [6, 6.07) is 13.5. The number of anilines is 1. The van der Waals surface area contributed by atoms with Gasteiger partial charge in [-0.1, -0.05) is 24.3 Å². The number of piperidine rings is 1. The molecule has 8 heteroatoms. The number of likely N-dealkylation sites (tertiary alicyclic amines) is 1. The summed E-state index contributed by atoms with van der Waals surface area (Å²) in [5.74, 6) is -1.10. The van der Waals surface area contributed by atoms with Gasteiger partial charge in [0.2, 0.25) is 5.91 Å². The normalized spacial score (nSPS) is 13.8. The average molecular weight is 489 g/mol. The number of pyridine rings is 1. The van der Waals surface area contributed by atoms with Gasteiger partial charge in [0.15, 0.2) is 0 Å². The molecule has 1 fully saturated rings. The summed E-state index contributed by atoms with van der Waals surface area (Å²) in [7, 11) is 0. The van der Waals surface area contributed by atoms with E-state index in [0.717, 1.165) is 5.56 Å². The fourth-order valence-corrected chi connectivity index (χ4v) is 4.30. The topological polar surface area (TPSA) is 91.4 Å². The molecule has 3 amide bonds. The predicted molar refractivity (Wildman–Crippen MR) is 135 cm³/mol. The summed E-state index contributed by atoms with van der Waals surface area (Å²) in [5, 5.41) is 5.76. The standard InChI is InChI=1S/C28H29FN4O3/c1-18-6-7-20(16-24(18)29)17-31-26(34)22-10-14-33(15-11-22)28(36)23-5-3-4-19(2)25(23)32-27(35)21-8-12-30-13-9-21/h3-9,12-13,16,22H,10-11,14-15,17H2,1-2H3,(H,31,34)(H,32,35). The molecule has 2 heterocycles. The van der Waals surface area contributed by atoms with Crippen LogP contribution in [0, 0.1) is 25.6 Å². The maximum absolute atomic E-state index is 13.8. The van der Waals surface area contributed by atoms with Crippen LogP contribution in [0.15, 0.2) is 60.9 Å². The fraction of sp³-hybridized carbons (Fsp3) is 0.286. The molecule has 1 aromatic heterocycles. The number of rotatable bonds is 6. The zero-order chi connectivity index (χ0) is 25.7. The van der Waals surface area contributed by atoms with Crippen LogP contribution < -0.4 is 10.6 Å². The van der Waals surface area contributed by atoms with Crippen LogP contribution in [0.3, 0.4) is 0 Å². The first-order valence-electron chi connectivity index (χ1n) is 12.0. The lowest BCUT2D eigenvalue weighted by Crippen LogP contribution is -2.43. The highest BCUT2D eigenvalue weighted by Gasteiger charge is 2.29. The van der Waals surface area contributed by atoms with Crippen molar-refractivity contribution in [1.82, 2.24) is 15.2 Å². The van der Waals surface area contributed by atoms with E-state index in [0.29, 0.717) is 53.9 Å². The van der Waals surface area contributed by atoms with Crippen LogP contribution in [-0.2, 0) is 11.3 Å². The number of benzene rings is 2. The zero-order valence-electron chi connectivity index (χ0n) is 20.4. The molecule has 1 aliphatic heterocycles. The molecule has 0 bridgehead atoms. The number of carbonyl (C=O) groups excluding carboxylic acids is 3. The monoisotopic (exact) mass is 488 g/mol. The van der Waals surface area contributed by atoms with E-state index in [-0.39, 0.29) is 36.0 Å². The molecule has 0 saturated carbocycles. The van der Waals surface area contributed by atoms with Gasteiger partial charge in [-0.15, -0.1) is 0 Å². The molecule has 0 aliphatic carbocycles. The fourth-order valence-electron chi connectivity index (χ4n) is 4.30. The third-order valence-corrected chi connectivity index (χ3v) is 6.54. The molecule has 2 N–H and O–H groups in total. The maximum Gasteiger partial charge on any atom is 0.255 e. The molecule has 7 nitrogen and oxygen atoms in total. The number of carbonyl (C=O) groups is 3. The Balaban J connectivity index is 1.36. The van der Waals surface area contributed by atoms with Crippen LogP contribution in [0.25, 0.3) is 0 Å². The van der Waals surface area contributed by atoms with E-state index in [4.69, 9.17) is 0 Å². The van der Waals surface area contributed by atoms with Crippen molar-refractivity contribution in [3.05, 3.63) is 94.6 Å². The van der Waals surface area contributed by atoms with Gasteiger partial charge in [0.1, 0.15) is 5.82 Å². The largest absolute Gasteiger partial charge is 0.352 e. The Morgan fingerprint density at radius 3 is 2.42 bits per heavy atom. The quantitative estimate of drug-likeness (QED) is 0.543. The molecule has 0 radical (unpaired) electrons. The van der Waals surface area contributed by atoms with Gasteiger partial charge in [-0.3, -0.25) is 19.4 Å². The SMILES string of the molecule is Cc1ccc(CNC(=O)C2CCN(C(=O)c3cccc(C)c3NC(=O)c3ccncc3)CC2)cc1F. The molecule has 2 aromatic carbocycles. The molecule has 4 rings (SSSR count). The summed E-state index contributed by atoms with van der Waals surface area (Å²) in [6.45, 7) is 4.67. The Morgan fingerprint density at radius 1 is 1.00 bits per heavy atom. The highest BCUT2D eigenvalue weighted by atomic mass is 19.1. The minimum absolute atomic E-state index is 0.0936.